The maximum Gasteiger partial charge on any atom is 0.332 e. The Morgan fingerprint density at radius 1 is 1.12 bits per heavy atom. The van der Waals surface area contributed by atoms with E-state index in [4.69, 9.17) is 11.6 Å². The van der Waals surface area contributed by atoms with Gasteiger partial charge in [-0.3, -0.25) is 23.3 Å². The zero-order valence-electron chi connectivity index (χ0n) is 18.1. The van der Waals surface area contributed by atoms with Gasteiger partial charge in [0.2, 0.25) is 11.2 Å². The smallest absolute Gasteiger partial charge is 0.332 e. The van der Waals surface area contributed by atoms with Crippen LogP contribution in [-0.2, 0) is 32.0 Å². The minimum Gasteiger partial charge on any atom is -0.334 e. The number of imidazole rings is 1. The first kappa shape index (κ1) is 22.3. The topological polar surface area (TPSA) is 82.1 Å². The van der Waals surface area contributed by atoms with Crippen LogP contribution in [-0.4, -0.2) is 35.5 Å². The number of halogens is 2. The molecular weight excluding hydrogens is 437 g/mol. The average molecular weight is 462 g/mol. The van der Waals surface area contributed by atoms with Crippen LogP contribution in [0.5, 0.6) is 0 Å². The van der Waals surface area contributed by atoms with E-state index in [9.17, 15) is 18.8 Å². The number of nitrogens with zero attached hydrogens (tertiary/aromatic N) is 5. The fourth-order valence-electron chi connectivity index (χ4n) is 4.39. The first-order valence-electron chi connectivity index (χ1n) is 10.6. The van der Waals surface area contributed by atoms with Gasteiger partial charge >= 0.3 is 5.69 Å². The van der Waals surface area contributed by atoms with Gasteiger partial charge in [0, 0.05) is 26.7 Å². The average Bonchev–Trinajstić information content (AvgIpc) is 3.12. The molecular formula is C22H25ClFN5O3. The van der Waals surface area contributed by atoms with Crippen molar-refractivity contribution in [2.24, 2.45) is 14.1 Å². The summed E-state index contributed by atoms with van der Waals surface area (Å²) in [5.74, 6) is -0.541. The number of carbonyl (C=O) groups is 1. The summed E-state index contributed by atoms with van der Waals surface area (Å²) in [5.41, 5.74) is -0.00414. The molecule has 0 aliphatic heterocycles. The largest absolute Gasteiger partial charge is 0.334 e. The monoisotopic (exact) mass is 461 g/mol. The Labute approximate surface area is 188 Å². The lowest BCUT2D eigenvalue weighted by Gasteiger charge is -2.34. The number of benzene rings is 1. The molecule has 0 radical (unpaired) electrons. The van der Waals surface area contributed by atoms with E-state index in [1.54, 1.807) is 17.0 Å². The van der Waals surface area contributed by atoms with Crippen molar-refractivity contribution in [1.29, 1.82) is 0 Å². The van der Waals surface area contributed by atoms with Crippen LogP contribution in [0.3, 0.4) is 0 Å². The molecule has 0 N–H and O–H groups in total. The maximum atomic E-state index is 13.5. The van der Waals surface area contributed by atoms with Crippen molar-refractivity contribution in [2.45, 2.75) is 51.2 Å². The minimum absolute atomic E-state index is 0.0305. The number of hydrogen-bond donors (Lipinski definition) is 0. The lowest BCUT2D eigenvalue weighted by atomic mass is 9.93. The van der Waals surface area contributed by atoms with Crippen LogP contribution >= 0.6 is 11.6 Å². The van der Waals surface area contributed by atoms with Gasteiger partial charge < -0.3 is 4.90 Å². The van der Waals surface area contributed by atoms with Crippen LogP contribution in [0.1, 0.15) is 37.7 Å². The molecule has 2 heterocycles. The van der Waals surface area contributed by atoms with Gasteiger partial charge in [0.15, 0.2) is 11.2 Å². The molecule has 1 saturated carbocycles. The summed E-state index contributed by atoms with van der Waals surface area (Å²) in [7, 11) is 2.88. The third-order valence-electron chi connectivity index (χ3n) is 6.20. The summed E-state index contributed by atoms with van der Waals surface area (Å²) in [4.78, 5) is 44.4. The maximum absolute atomic E-state index is 13.5. The van der Waals surface area contributed by atoms with E-state index < -0.39 is 11.2 Å². The molecule has 10 heteroatoms. The molecule has 4 rings (SSSR count). The molecule has 0 spiro atoms. The van der Waals surface area contributed by atoms with Crippen LogP contribution < -0.4 is 11.2 Å². The van der Waals surface area contributed by atoms with Crippen molar-refractivity contribution in [3.63, 3.8) is 0 Å². The Bertz CT molecular complexity index is 1270. The highest BCUT2D eigenvalue weighted by atomic mass is 35.5. The predicted octanol–water partition coefficient (Wildman–Crippen LogP) is 2.59. The Kier molecular flexibility index (Phi) is 6.19. The molecule has 2 aromatic heterocycles. The van der Waals surface area contributed by atoms with E-state index in [0.717, 1.165) is 42.2 Å². The molecule has 1 aliphatic carbocycles. The lowest BCUT2D eigenvalue weighted by Crippen LogP contribution is -2.43. The third-order valence-corrected chi connectivity index (χ3v) is 6.49. The summed E-state index contributed by atoms with van der Waals surface area (Å²) in [6, 6.07) is 6.15. The molecule has 1 amide bonds. The first-order valence-corrected chi connectivity index (χ1v) is 11.0. The minimum atomic E-state index is -0.557. The van der Waals surface area contributed by atoms with Crippen molar-refractivity contribution in [2.75, 3.05) is 0 Å². The van der Waals surface area contributed by atoms with Crippen LogP contribution in [0.2, 0.25) is 5.28 Å². The lowest BCUT2D eigenvalue weighted by molar-refractivity contribution is -0.135. The SMILES string of the molecule is Cn1c(=O)c2c(nc(Cl)n2CC(=O)N(Cc2ccc(F)cc2)C2CCCCC2)n(C)c1=O. The molecule has 170 valence electrons. The Hall–Kier alpha value is -2.94. The van der Waals surface area contributed by atoms with E-state index >= 15 is 0 Å². The van der Waals surface area contributed by atoms with Gasteiger partial charge in [0.05, 0.1) is 0 Å². The van der Waals surface area contributed by atoms with Crippen molar-refractivity contribution in [1.82, 2.24) is 23.6 Å². The van der Waals surface area contributed by atoms with Crippen LogP contribution in [0.15, 0.2) is 33.9 Å². The molecule has 3 aromatic rings. The summed E-state index contributed by atoms with van der Waals surface area (Å²) in [6.07, 6.45) is 4.99. The summed E-state index contributed by atoms with van der Waals surface area (Å²) >= 11 is 6.30. The van der Waals surface area contributed by atoms with Gasteiger partial charge in [-0.2, -0.15) is 4.98 Å². The fourth-order valence-corrected chi connectivity index (χ4v) is 4.61. The van der Waals surface area contributed by atoms with Crippen LogP contribution in [0, 0.1) is 5.82 Å². The molecule has 0 atom stereocenters. The quantitative estimate of drug-likeness (QED) is 0.547. The van der Waals surface area contributed by atoms with Crippen LogP contribution in [0.25, 0.3) is 11.2 Å². The third kappa shape index (κ3) is 4.09. The highest BCUT2D eigenvalue weighted by molar-refractivity contribution is 6.29. The highest BCUT2D eigenvalue weighted by Gasteiger charge is 2.28. The van der Waals surface area contributed by atoms with Crippen LogP contribution in [0.4, 0.5) is 4.39 Å². The van der Waals surface area contributed by atoms with E-state index in [1.807, 2.05) is 0 Å². The van der Waals surface area contributed by atoms with Gasteiger partial charge in [-0.1, -0.05) is 31.4 Å². The molecule has 1 fully saturated rings. The second-order valence-electron chi connectivity index (χ2n) is 8.28. The second-order valence-corrected chi connectivity index (χ2v) is 8.62. The molecule has 8 nitrogen and oxygen atoms in total. The normalized spacial score (nSPS) is 14.8. The Balaban J connectivity index is 1.71. The zero-order valence-corrected chi connectivity index (χ0v) is 18.8. The van der Waals surface area contributed by atoms with Gasteiger partial charge in [0.1, 0.15) is 12.4 Å². The number of fused-ring (bicyclic) bond motifs is 1. The van der Waals surface area contributed by atoms with Gasteiger partial charge in [-0.05, 0) is 42.1 Å². The summed E-state index contributed by atoms with van der Waals surface area (Å²) in [6.45, 7) is 0.158. The zero-order chi connectivity index (χ0) is 23.0. The second kappa shape index (κ2) is 8.90. The van der Waals surface area contributed by atoms with Gasteiger partial charge in [0.25, 0.3) is 5.56 Å². The predicted molar refractivity (Wildman–Crippen MR) is 119 cm³/mol. The molecule has 0 saturated heterocycles. The van der Waals surface area contributed by atoms with E-state index in [0.29, 0.717) is 6.54 Å². The number of carbonyl (C=O) groups excluding carboxylic acids is 1. The van der Waals surface area contributed by atoms with E-state index in [2.05, 4.69) is 4.98 Å². The van der Waals surface area contributed by atoms with E-state index in [-0.39, 0.29) is 40.8 Å². The standard InChI is InChI=1S/C22H25ClFN5O3/c1-26-19-18(20(31)27(2)22(26)32)29(21(23)25-19)13-17(30)28(16-6-4-3-5-7-16)12-14-8-10-15(24)11-9-14/h8-11,16H,3-7,12-13H2,1-2H3. The number of aromatic nitrogens is 4. The number of amides is 1. The molecule has 32 heavy (non-hydrogen) atoms. The number of aryl methyl sites for hydroxylation is 1. The number of hydrogen-bond acceptors (Lipinski definition) is 4. The van der Waals surface area contributed by atoms with Crippen molar-refractivity contribution in [3.8, 4) is 0 Å². The highest BCUT2D eigenvalue weighted by Crippen LogP contribution is 2.25. The van der Waals surface area contributed by atoms with Gasteiger partial charge in [-0.25, -0.2) is 9.18 Å². The van der Waals surface area contributed by atoms with E-state index in [1.165, 1.54) is 35.4 Å². The Morgan fingerprint density at radius 3 is 2.44 bits per heavy atom. The molecule has 1 aromatic carbocycles. The van der Waals surface area contributed by atoms with Crippen molar-refractivity contribution < 1.29 is 9.18 Å². The first-order chi connectivity index (χ1) is 15.3. The number of rotatable bonds is 5. The van der Waals surface area contributed by atoms with Crippen molar-refractivity contribution in [3.05, 3.63) is 61.8 Å². The Morgan fingerprint density at radius 2 is 1.78 bits per heavy atom. The van der Waals surface area contributed by atoms with Crippen molar-refractivity contribution >= 4 is 28.7 Å². The van der Waals surface area contributed by atoms with Gasteiger partial charge in [-0.15, -0.1) is 0 Å². The molecule has 0 bridgehead atoms. The fraction of sp³-hybridized carbons (Fsp3) is 0.455. The molecule has 1 aliphatic rings. The molecule has 0 unspecified atom stereocenters. The summed E-state index contributed by atoms with van der Waals surface area (Å²) in [5, 5.41) is -0.0305. The summed E-state index contributed by atoms with van der Waals surface area (Å²) < 4.78 is 16.9.